The minimum absolute atomic E-state index is 0. The molecule has 2 N–H and O–H groups in total. The molecule has 2 aromatic rings. The molecule has 0 spiro atoms. The number of imidazole rings is 1. The number of rotatable bonds is 6. The van der Waals surface area contributed by atoms with Crippen molar-refractivity contribution in [2.75, 3.05) is 13.1 Å². The molecule has 1 aliphatic heterocycles. The summed E-state index contributed by atoms with van der Waals surface area (Å²) in [5.74, 6) is 0.106. The molecule has 7 heteroatoms. The number of aromatic nitrogens is 2. The van der Waals surface area contributed by atoms with Crippen LogP contribution in [0.1, 0.15) is 39.0 Å². The Hall–Kier alpha value is -1.79. The molecule has 1 unspecified atom stereocenters. The Bertz CT molecular complexity index is 798. The molecule has 1 aromatic heterocycles. The number of carbonyl (C=O) groups is 1. The summed E-state index contributed by atoms with van der Waals surface area (Å²) < 4.78 is 3.55. The second kappa shape index (κ2) is 9.24. The highest BCUT2D eigenvalue weighted by molar-refractivity contribution is 5.85. The molecule has 0 radical (unpaired) electrons. The Balaban J connectivity index is 0.00000243. The van der Waals surface area contributed by atoms with Crippen molar-refractivity contribution in [3.8, 4) is 0 Å². The summed E-state index contributed by atoms with van der Waals surface area (Å²) in [5, 5.41) is 0. The lowest BCUT2D eigenvalue weighted by Crippen LogP contribution is -2.47. The number of carbonyl (C=O) groups excluding carboxylic acids is 1. The van der Waals surface area contributed by atoms with Gasteiger partial charge in [0.25, 0.3) is 0 Å². The standard InChI is InChI=1S/C19H28N4O2.ClH/c1-2-11-22-16-8-3-4-9-17(16)23(19(22)25)13-10-18(24)21-12-6-5-7-15(21)14-20;/h3-4,8-9,15H,2,5-7,10-14,20H2,1H3;1H. The number of likely N-dealkylation sites (tertiary alicyclic amines) is 1. The second-order valence-corrected chi connectivity index (χ2v) is 6.80. The van der Waals surface area contributed by atoms with Gasteiger partial charge < -0.3 is 10.6 Å². The molecule has 6 nitrogen and oxygen atoms in total. The molecule has 144 valence electrons. The lowest BCUT2D eigenvalue weighted by molar-refractivity contribution is -0.134. The van der Waals surface area contributed by atoms with Gasteiger partial charge in [0.15, 0.2) is 0 Å². The summed E-state index contributed by atoms with van der Waals surface area (Å²) in [6.07, 6.45) is 4.40. The predicted molar refractivity (Wildman–Crippen MR) is 107 cm³/mol. The molecule has 0 aliphatic carbocycles. The van der Waals surface area contributed by atoms with E-state index in [1.54, 1.807) is 4.57 Å². The molecule has 1 aromatic carbocycles. The largest absolute Gasteiger partial charge is 0.338 e. The average Bonchev–Trinajstić information content (AvgIpc) is 2.92. The van der Waals surface area contributed by atoms with E-state index in [4.69, 9.17) is 5.73 Å². The van der Waals surface area contributed by atoms with Gasteiger partial charge in [-0.2, -0.15) is 0 Å². The Morgan fingerprint density at radius 1 is 1.15 bits per heavy atom. The fourth-order valence-corrected chi connectivity index (χ4v) is 3.85. The molecule has 0 bridgehead atoms. The number of hydrogen-bond donors (Lipinski definition) is 1. The lowest BCUT2D eigenvalue weighted by Gasteiger charge is -2.35. The fraction of sp³-hybridized carbons (Fsp3) is 0.579. The van der Waals surface area contributed by atoms with Gasteiger partial charge in [-0.15, -0.1) is 12.4 Å². The first-order chi connectivity index (χ1) is 12.2. The van der Waals surface area contributed by atoms with Gasteiger partial charge in [0.2, 0.25) is 5.91 Å². The molecule has 1 amide bonds. The monoisotopic (exact) mass is 380 g/mol. The Morgan fingerprint density at radius 2 is 1.81 bits per heavy atom. The van der Waals surface area contributed by atoms with Gasteiger partial charge in [-0.05, 0) is 37.8 Å². The average molecular weight is 381 g/mol. The fourth-order valence-electron chi connectivity index (χ4n) is 3.85. The second-order valence-electron chi connectivity index (χ2n) is 6.80. The third kappa shape index (κ3) is 3.96. The van der Waals surface area contributed by atoms with Crippen LogP contribution in [0, 0.1) is 0 Å². The maximum atomic E-state index is 12.8. The first-order valence-corrected chi connectivity index (χ1v) is 9.35. The van der Waals surface area contributed by atoms with E-state index in [1.807, 2.05) is 33.7 Å². The van der Waals surface area contributed by atoms with Crippen molar-refractivity contribution < 1.29 is 4.79 Å². The zero-order valence-corrected chi connectivity index (χ0v) is 16.2. The van der Waals surface area contributed by atoms with E-state index in [0.717, 1.165) is 43.3 Å². The highest BCUT2D eigenvalue weighted by Gasteiger charge is 2.25. The van der Waals surface area contributed by atoms with Crippen molar-refractivity contribution in [2.45, 2.75) is 58.2 Å². The lowest BCUT2D eigenvalue weighted by atomic mass is 10.0. The number of halogens is 1. The van der Waals surface area contributed by atoms with E-state index in [9.17, 15) is 9.59 Å². The zero-order valence-electron chi connectivity index (χ0n) is 15.4. The van der Waals surface area contributed by atoms with E-state index >= 15 is 0 Å². The van der Waals surface area contributed by atoms with E-state index in [-0.39, 0.29) is 30.0 Å². The molecule has 1 atom stereocenters. The van der Waals surface area contributed by atoms with Gasteiger partial charge in [-0.25, -0.2) is 4.79 Å². The van der Waals surface area contributed by atoms with Crippen LogP contribution in [0.3, 0.4) is 0 Å². The minimum atomic E-state index is -0.0233. The van der Waals surface area contributed by atoms with Crippen LogP contribution in [0.15, 0.2) is 29.1 Å². The van der Waals surface area contributed by atoms with Gasteiger partial charge in [-0.1, -0.05) is 19.1 Å². The minimum Gasteiger partial charge on any atom is -0.338 e. The summed E-state index contributed by atoms with van der Waals surface area (Å²) >= 11 is 0. The van der Waals surface area contributed by atoms with Crippen molar-refractivity contribution in [1.29, 1.82) is 0 Å². The molecular formula is C19H29ClN4O2. The van der Waals surface area contributed by atoms with Crippen LogP contribution in [0.5, 0.6) is 0 Å². The number of benzene rings is 1. The van der Waals surface area contributed by atoms with E-state index in [1.165, 1.54) is 0 Å². The van der Waals surface area contributed by atoms with Crippen molar-refractivity contribution >= 4 is 29.3 Å². The smallest absolute Gasteiger partial charge is 0.329 e. The molecule has 1 saturated heterocycles. The summed E-state index contributed by atoms with van der Waals surface area (Å²) in [6.45, 7) is 4.48. The first-order valence-electron chi connectivity index (χ1n) is 9.35. The molecule has 1 aliphatic rings. The summed E-state index contributed by atoms with van der Waals surface area (Å²) in [5.41, 5.74) is 7.65. The number of nitrogens with zero attached hydrogens (tertiary/aromatic N) is 3. The quantitative estimate of drug-likeness (QED) is 0.836. The zero-order chi connectivity index (χ0) is 17.8. The number of aryl methyl sites for hydroxylation is 2. The third-order valence-electron chi connectivity index (χ3n) is 5.14. The highest BCUT2D eigenvalue weighted by Crippen LogP contribution is 2.18. The summed E-state index contributed by atoms with van der Waals surface area (Å²) in [6, 6.07) is 7.96. The number of fused-ring (bicyclic) bond motifs is 1. The van der Waals surface area contributed by atoms with Crippen LogP contribution in [-0.4, -0.2) is 39.1 Å². The van der Waals surface area contributed by atoms with Gasteiger partial charge in [0, 0.05) is 38.6 Å². The molecule has 0 saturated carbocycles. The Morgan fingerprint density at radius 3 is 2.42 bits per heavy atom. The first kappa shape index (κ1) is 20.5. The summed E-state index contributed by atoms with van der Waals surface area (Å²) in [4.78, 5) is 27.4. The highest BCUT2D eigenvalue weighted by atomic mass is 35.5. The van der Waals surface area contributed by atoms with Crippen molar-refractivity contribution in [3.63, 3.8) is 0 Å². The van der Waals surface area contributed by atoms with Crippen LogP contribution in [0.2, 0.25) is 0 Å². The maximum absolute atomic E-state index is 12.8. The number of hydrogen-bond acceptors (Lipinski definition) is 3. The number of nitrogens with two attached hydrogens (primary N) is 1. The molecule has 3 rings (SSSR count). The van der Waals surface area contributed by atoms with Gasteiger partial charge in [0.1, 0.15) is 0 Å². The van der Waals surface area contributed by atoms with Crippen LogP contribution in [0.4, 0.5) is 0 Å². The van der Waals surface area contributed by atoms with Crippen molar-refractivity contribution in [1.82, 2.24) is 14.0 Å². The Kier molecular flexibility index (Phi) is 7.29. The number of piperidine rings is 1. The predicted octanol–water partition coefficient (Wildman–Crippen LogP) is 2.36. The van der Waals surface area contributed by atoms with Gasteiger partial charge in [-0.3, -0.25) is 13.9 Å². The van der Waals surface area contributed by atoms with Crippen LogP contribution in [-0.2, 0) is 17.9 Å². The van der Waals surface area contributed by atoms with Crippen LogP contribution in [0.25, 0.3) is 11.0 Å². The Labute approximate surface area is 160 Å². The van der Waals surface area contributed by atoms with Crippen LogP contribution < -0.4 is 11.4 Å². The third-order valence-corrected chi connectivity index (χ3v) is 5.14. The van der Waals surface area contributed by atoms with E-state index < -0.39 is 0 Å². The normalized spacial score (nSPS) is 17.3. The molecular weight excluding hydrogens is 352 g/mol. The molecule has 26 heavy (non-hydrogen) atoms. The van der Waals surface area contributed by atoms with E-state index in [2.05, 4.69) is 6.92 Å². The topological polar surface area (TPSA) is 73.3 Å². The van der Waals surface area contributed by atoms with E-state index in [0.29, 0.717) is 26.1 Å². The number of amides is 1. The molecule has 2 heterocycles. The maximum Gasteiger partial charge on any atom is 0.329 e. The molecule has 1 fully saturated rings. The van der Waals surface area contributed by atoms with Gasteiger partial charge >= 0.3 is 5.69 Å². The number of para-hydroxylation sites is 2. The van der Waals surface area contributed by atoms with Crippen molar-refractivity contribution in [2.24, 2.45) is 5.73 Å². The van der Waals surface area contributed by atoms with Gasteiger partial charge in [0.05, 0.1) is 11.0 Å². The SMILES string of the molecule is CCCn1c(=O)n(CCC(=O)N2CCCCC2CN)c2ccccc21.Cl. The van der Waals surface area contributed by atoms with Crippen molar-refractivity contribution in [3.05, 3.63) is 34.7 Å². The van der Waals surface area contributed by atoms with Crippen LogP contribution >= 0.6 is 12.4 Å². The summed E-state index contributed by atoms with van der Waals surface area (Å²) in [7, 11) is 0.